The number of alkyl carbamates (subject to hydrolysis) is 1. The molecular formula is C14H27NO3. The second-order valence-electron chi connectivity index (χ2n) is 6.18. The van der Waals surface area contributed by atoms with Crippen LogP contribution in [0.25, 0.3) is 0 Å². The van der Waals surface area contributed by atoms with Gasteiger partial charge in [-0.25, -0.2) is 4.79 Å². The van der Waals surface area contributed by atoms with Gasteiger partial charge in [-0.1, -0.05) is 19.3 Å². The molecular weight excluding hydrogens is 230 g/mol. The van der Waals surface area contributed by atoms with Crippen LogP contribution in [0.2, 0.25) is 0 Å². The van der Waals surface area contributed by atoms with Gasteiger partial charge in [-0.2, -0.15) is 0 Å². The first-order valence-corrected chi connectivity index (χ1v) is 7.03. The monoisotopic (exact) mass is 257 g/mol. The summed E-state index contributed by atoms with van der Waals surface area (Å²) in [5.41, 5.74) is -0.466. The predicted octanol–water partition coefficient (Wildman–Crippen LogP) is 2.84. The number of carbonyl (C=O) groups is 1. The van der Waals surface area contributed by atoms with Gasteiger partial charge in [0.1, 0.15) is 5.60 Å². The maximum Gasteiger partial charge on any atom is 0.407 e. The number of aliphatic hydroxyl groups excluding tert-OH is 1. The molecule has 18 heavy (non-hydrogen) atoms. The molecule has 1 atom stereocenters. The zero-order chi connectivity index (χ0) is 13.6. The van der Waals surface area contributed by atoms with Gasteiger partial charge in [-0.15, -0.1) is 0 Å². The molecule has 0 radical (unpaired) electrons. The first-order valence-electron chi connectivity index (χ1n) is 7.03. The lowest BCUT2D eigenvalue weighted by atomic mass is 9.84. The van der Waals surface area contributed by atoms with Crippen LogP contribution in [0.4, 0.5) is 4.79 Å². The number of amides is 1. The lowest BCUT2D eigenvalue weighted by Crippen LogP contribution is -2.35. The van der Waals surface area contributed by atoms with Gasteiger partial charge in [0.05, 0.1) is 6.10 Å². The summed E-state index contributed by atoms with van der Waals surface area (Å²) in [4.78, 5) is 11.4. The molecule has 0 bridgehead atoms. The zero-order valence-electron chi connectivity index (χ0n) is 11.9. The molecule has 0 heterocycles. The van der Waals surface area contributed by atoms with Crippen molar-refractivity contribution in [3.05, 3.63) is 0 Å². The molecule has 0 unspecified atom stereocenters. The molecule has 1 aliphatic rings. The van der Waals surface area contributed by atoms with E-state index in [0.717, 1.165) is 12.8 Å². The second kappa shape index (κ2) is 6.98. The number of aliphatic hydroxyl groups is 1. The van der Waals surface area contributed by atoms with Crippen molar-refractivity contribution in [2.45, 2.75) is 71.0 Å². The van der Waals surface area contributed by atoms with Crippen molar-refractivity contribution in [2.75, 3.05) is 6.54 Å². The predicted molar refractivity (Wildman–Crippen MR) is 71.4 cm³/mol. The summed E-state index contributed by atoms with van der Waals surface area (Å²) in [6.45, 7) is 5.99. The molecule has 1 fully saturated rings. The minimum atomic E-state index is -0.466. The van der Waals surface area contributed by atoms with Gasteiger partial charge < -0.3 is 15.2 Å². The molecule has 0 aromatic heterocycles. The summed E-state index contributed by atoms with van der Waals surface area (Å²) >= 11 is 0. The van der Waals surface area contributed by atoms with Crippen molar-refractivity contribution in [3.8, 4) is 0 Å². The van der Waals surface area contributed by atoms with Gasteiger partial charge in [0.25, 0.3) is 0 Å². The average Bonchev–Trinajstić information content (AvgIpc) is 2.27. The van der Waals surface area contributed by atoms with E-state index in [1.165, 1.54) is 19.3 Å². The lowest BCUT2D eigenvalue weighted by Gasteiger charge is -2.26. The molecule has 0 spiro atoms. The Hall–Kier alpha value is -0.770. The van der Waals surface area contributed by atoms with Gasteiger partial charge in [0.2, 0.25) is 0 Å². The van der Waals surface area contributed by atoms with Crippen molar-refractivity contribution in [1.29, 1.82) is 0 Å². The van der Waals surface area contributed by atoms with E-state index in [0.29, 0.717) is 18.9 Å². The zero-order valence-corrected chi connectivity index (χ0v) is 11.9. The van der Waals surface area contributed by atoms with Gasteiger partial charge in [-0.3, -0.25) is 0 Å². The summed E-state index contributed by atoms with van der Waals surface area (Å²) < 4.78 is 5.13. The van der Waals surface area contributed by atoms with E-state index in [2.05, 4.69) is 5.32 Å². The molecule has 2 N–H and O–H groups in total. The molecule has 0 aromatic rings. The van der Waals surface area contributed by atoms with Gasteiger partial charge in [0.15, 0.2) is 0 Å². The highest BCUT2D eigenvalue weighted by Gasteiger charge is 2.22. The van der Waals surface area contributed by atoms with E-state index >= 15 is 0 Å². The summed E-state index contributed by atoms with van der Waals surface area (Å²) in [7, 11) is 0. The van der Waals surface area contributed by atoms with Crippen LogP contribution in [0.5, 0.6) is 0 Å². The SMILES string of the molecule is CC(C)(C)OC(=O)NCC[C@@H](O)C1CCCCC1. The summed E-state index contributed by atoms with van der Waals surface area (Å²) in [5.74, 6) is 0.416. The van der Waals surface area contributed by atoms with Gasteiger partial charge >= 0.3 is 6.09 Å². The van der Waals surface area contributed by atoms with Crippen LogP contribution < -0.4 is 5.32 Å². The first-order chi connectivity index (χ1) is 8.38. The maximum atomic E-state index is 11.4. The van der Waals surface area contributed by atoms with Crippen LogP contribution in [0.1, 0.15) is 59.3 Å². The highest BCUT2D eigenvalue weighted by molar-refractivity contribution is 5.67. The molecule has 4 nitrogen and oxygen atoms in total. The van der Waals surface area contributed by atoms with Crippen LogP contribution >= 0.6 is 0 Å². The Kier molecular flexibility index (Phi) is 5.93. The maximum absolute atomic E-state index is 11.4. The van der Waals surface area contributed by atoms with Crippen LogP contribution in [-0.2, 0) is 4.74 Å². The number of hydrogen-bond donors (Lipinski definition) is 2. The number of hydrogen-bond acceptors (Lipinski definition) is 3. The number of ether oxygens (including phenoxy) is 1. The summed E-state index contributed by atoms with van der Waals surface area (Å²) in [5, 5.41) is 12.7. The third-order valence-electron chi connectivity index (χ3n) is 3.30. The normalized spacial score (nSPS) is 19.3. The molecule has 4 heteroatoms. The fourth-order valence-corrected chi connectivity index (χ4v) is 2.39. The topological polar surface area (TPSA) is 58.6 Å². The Labute approximate surface area is 110 Å². The standard InChI is InChI=1S/C14H27NO3/c1-14(2,3)18-13(17)15-10-9-12(16)11-7-5-4-6-8-11/h11-12,16H,4-10H2,1-3H3,(H,15,17)/t12-/m1/s1. The van der Waals surface area contributed by atoms with Crippen molar-refractivity contribution < 1.29 is 14.6 Å². The number of carbonyl (C=O) groups excluding carboxylic acids is 1. The van der Waals surface area contributed by atoms with Crippen molar-refractivity contribution in [3.63, 3.8) is 0 Å². The van der Waals surface area contributed by atoms with Crippen LogP contribution in [0, 0.1) is 5.92 Å². The Bertz CT molecular complexity index is 254. The van der Waals surface area contributed by atoms with E-state index in [9.17, 15) is 9.90 Å². The van der Waals surface area contributed by atoms with Gasteiger partial charge in [-0.05, 0) is 46.0 Å². The Balaban J connectivity index is 2.14. The van der Waals surface area contributed by atoms with E-state index in [-0.39, 0.29) is 6.10 Å². The van der Waals surface area contributed by atoms with Crippen LogP contribution in [-0.4, -0.2) is 29.4 Å². The van der Waals surface area contributed by atoms with Crippen molar-refractivity contribution in [1.82, 2.24) is 5.32 Å². The second-order valence-corrected chi connectivity index (χ2v) is 6.18. The number of nitrogens with one attached hydrogen (secondary N) is 1. The third kappa shape index (κ3) is 6.24. The quantitative estimate of drug-likeness (QED) is 0.814. The molecule has 0 saturated heterocycles. The molecule has 1 aliphatic carbocycles. The fraction of sp³-hybridized carbons (Fsp3) is 0.929. The lowest BCUT2D eigenvalue weighted by molar-refractivity contribution is 0.0490. The van der Waals surface area contributed by atoms with Crippen molar-refractivity contribution >= 4 is 6.09 Å². The van der Waals surface area contributed by atoms with E-state index < -0.39 is 11.7 Å². The Morgan fingerprint density at radius 1 is 1.33 bits per heavy atom. The largest absolute Gasteiger partial charge is 0.444 e. The first kappa shape index (κ1) is 15.3. The smallest absolute Gasteiger partial charge is 0.407 e. The highest BCUT2D eigenvalue weighted by Crippen LogP contribution is 2.27. The minimum Gasteiger partial charge on any atom is -0.444 e. The van der Waals surface area contributed by atoms with E-state index in [1.807, 2.05) is 20.8 Å². The number of rotatable bonds is 4. The summed E-state index contributed by atoms with van der Waals surface area (Å²) in [6.07, 6.45) is 5.89. The minimum absolute atomic E-state index is 0.291. The molecule has 1 saturated carbocycles. The molecule has 0 aliphatic heterocycles. The average molecular weight is 257 g/mol. The Morgan fingerprint density at radius 3 is 2.50 bits per heavy atom. The molecule has 0 aromatic carbocycles. The van der Waals surface area contributed by atoms with Gasteiger partial charge in [0, 0.05) is 6.54 Å². The molecule has 1 rings (SSSR count). The Morgan fingerprint density at radius 2 is 1.94 bits per heavy atom. The molecule has 106 valence electrons. The molecule has 1 amide bonds. The third-order valence-corrected chi connectivity index (χ3v) is 3.30. The fourth-order valence-electron chi connectivity index (χ4n) is 2.39. The van der Waals surface area contributed by atoms with Crippen molar-refractivity contribution in [2.24, 2.45) is 5.92 Å². The van der Waals surface area contributed by atoms with E-state index in [1.54, 1.807) is 0 Å². The highest BCUT2D eigenvalue weighted by atomic mass is 16.6. The van der Waals surface area contributed by atoms with Crippen LogP contribution in [0.3, 0.4) is 0 Å². The van der Waals surface area contributed by atoms with E-state index in [4.69, 9.17) is 4.74 Å². The summed E-state index contributed by atoms with van der Waals surface area (Å²) in [6, 6.07) is 0. The van der Waals surface area contributed by atoms with Crippen LogP contribution in [0.15, 0.2) is 0 Å².